The summed E-state index contributed by atoms with van der Waals surface area (Å²) in [5.41, 5.74) is 2.21. The molecule has 0 N–H and O–H groups in total. The average molecular weight is 335 g/mol. The monoisotopic (exact) mass is 335 g/mol. The highest BCUT2D eigenvalue weighted by Crippen LogP contribution is 2.42. The fraction of sp³-hybridized carbons (Fsp3) is 0.375. The van der Waals surface area contributed by atoms with Gasteiger partial charge in [-0.15, -0.1) is 11.8 Å². The number of ketones is 1. The van der Waals surface area contributed by atoms with Crippen molar-refractivity contribution in [2.45, 2.75) is 29.4 Å². The molecule has 2 aromatic rings. The van der Waals surface area contributed by atoms with Crippen molar-refractivity contribution in [1.82, 2.24) is 5.16 Å². The van der Waals surface area contributed by atoms with Crippen LogP contribution in [0.2, 0.25) is 0 Å². The van der Waals surface area contributed by atoms with Gasteiger partial charge in [-0.25, -0.2) is 0 Å². The number of carbonyl (C=O) groups is 1. The summed E-state index contributed by atoms with van der Waals surface area (Å²) in [7, 11) is -0.894. The quantitative estimate of drug-likeness (QED) is 0.598. The Morgan fingerprint density at radius 3 is 2.82 bits per heavy atom. The molecule has 1 aromatic carbocycles. The van der Waals surface area contributed by atoms with Crippen LogP contribution in [0, 0.1) is 0 Å². The predicted octanol–water partition coefficient (Wildman–Crippen LogP) is 3.38. The van der Waals surface area contributed by atoms with Crippen molar-refractivity contribution in [2.24, 2.45) is 0 Å². The van der Waals surface area contributed by atoms with Crippen LogP contribution in [0.4, 0.5) is 0 Å². The second-order valence-corrected chi connectivity index (χ2v) is 7.74. The van der Waals surface area contributed by atoms with Gasteiger partial charge in [0.05, 0.1) is 11.8 Å². The van der Waals surface area contributed by atoms with Gasteiger partial charge in [0.1, 0.15) is 0 Å². The first-order valence-electron chi connectivity index (χ1n) is 7.06. The van der Waals surface area contributed by atoms with E-state index in [0.717, 1.165) is 29.1 Å². The van der Waals surface area contributed by atoms with Crippen molar-refractivity contribution < 1.29 is 13.5 Å². The van der Waals surface area contributed by atoms with E-state index in [1.54, 1.807) is 6.26 Å². The molecule has 6 heteroatoms. The number of hydrogen-bond acceptors (Lipinski definition) is 5. The van der Waals surface area contributed by atoms with Crippen molar-refractivity contribution in [1.29, 1.82) is 0 Å². The Hall–Kier alpha value is -1.40. The number of benzene rings is 1. The van der Waals surface area contributed by atoms with Crippen molar-refractivity contribution in [3.8, 4) is 0 Å². The Morgan fingerprint density at radius 2 is 2.18 bits per heavy atom. The standard InChI is InChI=1S/C16H17NO3S2/c1-21-14-7-10(9-22(2)19)3-6-12(14)15(18)13-8-17-20-16(13)11-4-5-11/h3,6-8,11H,4-5,9H2,1-2H3. The van der Waals surface area contributed by atoms with E-state index >= 15 is 0 Å². The number of rotatable bonds is 6. The number of hydrogen-bond donors (Lipinski definition) is 0. The fourth-order valence-corrected chi connectivity index (χ4v) is 3.75. The highest BCUT2D eigenvalue weighted by molar-refractivity contribution is 7.98. The molecule has 0 bridgehead atoms. The van der Waals surface area contributed by atoms with Crippen LogP contribution < -0.4 is 0 Å². The molecule has 0 amide bonds. The zero-order valence-corrected chi connectivity index (χ0v) is 14.1. The van der Waals surface area contributed by atoms with E-state index in [4.69, 9.17) is 4.52 Å². The van der Waals surface area contributed by atoms with Crippen molar-refractivity contribution in [2.75, 3.05) is 12.5 Å². The summed E-state index contributed by atoms with van der Waals surface area (Å²) < 4.78 is 16.6. The lowest BCUT2D eigenvalue weighted by atomic mass is 10.0. The van der Waals surface area contributed by atoms with Crippen molar-refractivity contribution in [3.63, 3.8) is 0 Å². The van der Waals surface area contributed by atoms with Gasteiger partial charge in [-0.05, 0) is 36.8 Å². The van der Waals surface area contributed by atoms with E-state index in [1.807, 2.05) is 24.5 Å². The van der Waals surface area contributed by atoms with Crippen LogP contribution in [-0.4, -0.2) is 27.7 Å². The van der Waals surface area contributed by atoms with Gasteiger partial charge in [0.25, 0.3) is 0 Å². The highest BCUT2D eigenvalue weighted by atomic mass is 32.2. The van der Waals surface area contributed by atoms with E-state index in [1.165, 1.54) is 18.0 Å². The molecular formula is C16H17NO3S2. The van der Waals surface area contributed by atoms with Gasteiger partial charge in [0.2, 0.25) is 0 Å². The third-order valence-electron chi connectivity index (χ3n) is 3.67. The molecule has 0 spiro atoms. The maximum absolute atomic E-state index is 12.8. The Bertz CT molecular complexity index is 735. The van der Waals surface area contributed by atoms with Crippen LogP contribution in [0.3, 0.4) is 0 Å². The lowest BCUT2D eigenvalue weighted by molar-refractivity contribution is 0.103. The molecule has 1 saturated carbocycles. The minimum Gasteiger partial charge on any atom is -0.360 e. The lowest BCUT2D eigenvalue weighted by Gasteiger charge is -2.08. The molecule has 116 valence electrons. The summed E-state index contributed by atoms with van der Waals surface area (Å²) >= 11 is 1.52. The minimum atomic E-state index is -0.894. The van der Waals surface area contributed by atoms with Crippen LogP contribution in [0.15, 0.2) is 33.8 Å². The van der Waals surface area contributed by atoms with Crippen LogP contribution in [-0.2, 0) is 16.6 Å². The molecule has 0 radical (unpaired) electrons. The summed E-state index contributed by atoms with van der Waals surface area (Å²) in [6.07, 6.45) is 7.26. The molecule has 22 heavy (non-hydrogen) atoms. The molecule has 1 aliphatic rings. The zero-order chi connectivity index (χ0) is 15.7. The van der Waals surface area contributed by atoms with Gasteiger partial charge < -0.3 is 4.52 Å². The maximum atomic E-state index is 12.8. The molecular weight excluding hydrogens is 318 g/mol. The zero-order valence-electron chi connectivity index (χ0n) is 12.5. The normalized spacial score (nSPS) is 15.7. The summed E-state index contributed by atoms with van der Waals surface area (Å²) in [6, 6.07) is 5.64. The molecule has 0 saturated heterocycles. The molecule has 1 heterocycles. The average Bonchev–Trinajstić information content (AvgIpc) is 3.23. The van der Waals surface area contributed by atoms with E-state index < -0.39 is 10.8 Å². The van der Waals surface area contributed by atoms with Gasteiger partial charge >= 0.3 is 0 Å². The first kappa shape index (κ1) is 15.5. The molecule has 3 rings (SSSR count). The number of nitrogens with zero attached hydrogens (tertiary/aromatic N) is 1. The third kappa shape index (κ3) is 3.17. The summed E-state index contributed by atoms with van der Waals surface area (Å²) in [5, 5.41) is 3.80. The van der Waals surface area contributed by atoms with E-state index in [-0.39, 0.29) is 5.78 Å². The first-order valence-corrected chi connectivity index (χ1v) is 10.0. The molecule has 1 atom stereocenters. The smallest absolute Gasteiger partial charge is 0.199 e. The molecule has 4 nitrogen and oxygen atoms in total. The Kier molecular flexibility index (Phi) is 4.49. The molecule has 0 aliphatic heterocycles. The van der Waals surface area contributed by atoms with E-state index in [2.05, 4.69) is 5.16 Å². The molecule has 1 fully saturated rings. The van der Waals surface area contributed by atoms with Gasteiger partial charge in [-0.3, -0.25) is 9.00 Å². The SMILES string of the molecule is CSc1cc(CS(C)=O)ccc1C(=O)c1cnoc1C1CC1. The molecule has 1 unspecified atom stereocenters. The van der Waals surface area contributed by atoms with Gasteiger partial charge in [-0.2, -0.15) is 0 Å². The van der Waals surface area contributed by atoms with Crippen LogP contribution in [0.1, 0.15) is 46.0 Å². The Balaban J connectivity index is 1.94. The Morgan fingerprint density at radius 1 is 1.41 bits per heavy atom. The first-order chi connectivity index (χ1) is 10.6. The second kappa shape index (κ2) is 6.38. The van der Waals surface area contributed by atoms with Crippen molar-refractivity contribution in [3.05, 3.63) is 46.8 Å². The fourth-order valence-electron chi connectivity index (χ4n) is 2.45. The predicted molar refractivity (Wildman–Crippen MR) is 87.9 cm³/mol. The van der Waals surface area contributed by atoms with E-state index in [0.29, 0.717) is 22.8 Å². The summed E-state index contributed by atoms with van der Waals surface area (Å²) in [6.45, 7) is 0. The van der Waals surface area contributed by atoms with Crippen LogP contribution >= 0.6 is 11.8 Å². The van der Waals surface area contributed by atoms with E-state index in [9.17, 15) is 9.00 Å². The second-order valence-electron chi connectivity index (χ2n) is 5.46. The van der Waals surface area contributed by atoms with Crippen LogP contribution in [0.25, 0.3) is 0 Å². The number of thioether (sulfide) groups is 1. The van der Waals surface area contributed by atoms with Gasteiger partial charge in [-0.1, -0.05) is 11.2 Å². The number of carbonyl (C=O) groups excluding carboxylic acids is 1. The van der Waals surface area contributed by atoms with Crippen molar-refractivity contribution >= 4 is 28.3 Å². The molecule has 1 aromatic heterocycles. The minimum absolute atomic E-state index is 0.0447. The van der Waals surface area contributed by atoms with Crippen LogP contribution in [0.5, 0.6) is 0 Å². The maximum Gasteiger partial charge on any atom is 0.199 e. The topological polar surface area (TPSA) is 60.2 Å². The summed E-state index contributed by atoms with van der Waals surface area (Å²) in [4.78, 5) is 13.7. The summed E-state index contributed by atoms with van der Waals surface area (Å²) in [5.74, 6) is 1.52. The lowest BCUT2D eigenvalue weighted by Crippen LogP contribution is -2.05. The van der Waals surface area contributed by atoms with Gasteiger partial charge in [0, 0.05) is 39.2 Å². The van der Waals surface area contributed by atoms with Gasteiger partial charge in [0.15, 0.2) is 11.5 Å². The highest BCUT2D eigenvalue weighted by Gasteiger charge is 2.33. The number of aromatic nitrogens is 1. The Labute approximate surface area is 136 Å². The molecule has 1 aliphatic carbocycles. The largest absolute Gasteiger partial charge is 0.360 e. The third-order valence-corrected chi connectivity index (χ3v) is 5.19.